The second-order valence-electron chi connectivity index (χ2n) is 4.89. The van der Waals surface area contributed by atoms with Crippen molar-refractivity contribution in [1.82, 2.24) is 0 Å². The molecule has 26 heavy (non-hydrogen) atoms. The van der Waals surface area contributed by atoms with E-state index in [9.17, 15) is 18.0 Å². The molecule has 0 fully saturated rings. The maximum Gasteiger partial charge on any atom is 0.573 e. The highest BCUT2D eigenvalue weighted by Crippen LogP contribution is 2.23. The number of furan rings is 1. The number of benzene rings is 1. The van der Waals surface area contributed by atoms with Gasteiger partial charge in [0.05, 0.1) is 6.61 Å². The van der Waals surface area contributed by atoms with E-state index < -0.39 is 12.3 Å². The zero-order chi connectivity index (χ0) is 19.2. The van der Waals surface area contributed by atoms with E-state index in [1.165, 1.54) is 18.2 Å². The Hall–Kier alpha value is -3.17. The molecule has 0 saturated carbocycles. The van der Waals surface area contributed by atoms with E-state index in [0.717, 1.165) is 12.1 Å². The van der Waals surface area contributed by atoms with Crippen molar-refractivity contribution in [2.75, 3.05) is 11.9 Å². The van der Waals surface area contributed by atoms with Crippen LogP contribution in [0.1, 0.15) is 23.2 Å². The highest BCUT2D eigenvalue weighted by atomic mass is 19.4. The highest BCUT2D eigenvalue weighted by molar-refractivity contribution is 5.92. The maximum absolute atomic E-state index is 12.1. The van der Waals surface area contributed by atoms with Gasteiger partial charge in [0.25, 0.3) is 0 Å². The standard InChI is InChI=1S/C16H16F3N3O4/c1-2-24-14(23)13-8-7-12(25-13)9-21-15(20)22-10-3-5-11(6-4-10)26-16(17,18)19/h3-8H,2,9H2,1H3,(H3,20,21,22). The Morgan fingerprint density at radius 3 is 2.54 bits per heavy atom. The van der Waals surface area contributed by atoms with Gasteiger partial charge in [-0.3, -0.25) is 0 Å². The van der Waals surface area contributed by atoms with Crippen molar-refractivity contribution in [3.8, 4) is 5.75 Å². The number of guanidine groups is 1. The van der Waals surface area contributed by atoms with Gasteiger partial charge >= 0.3 is 12.3 Å². The van der Waals surface area contributed by atoms with Crippen molar-refractivity contribution in [2.45, 2.75) is 19.8 Å². The number of esters is 1. The lowest BCUT2D eigenvalue weighted by Crippen LogP contribution is -2.22. The molecule has 0 amide bonds. The third-order valence-corrected chi connectivity index (χ3v) is 2.90. The highest BCUT2D eigenvalue weighted by Gasteiger charge is 2.30. The number of anilines is 1. The average Bonchev–Trinajstić information content (AvgIpc) is 3.03. The number of ether oxygens (including phenoxy) is 2. The van der Waals surface area contributed by atoms with Crippen molar-refractivity contribution in [2.24, 2.45) is 10.7 Å². The zero-order valence-corrected chi connectivity index (χ0v) is 13.7. The molecule has 2 aromatic rings. The molecular weight excluding hydrogens is 355 g/mol. The van der Waals surface area contributed by atoms with Gasteiger partial charge in [-0.15, -0.1) is 13.2 Å². The number of nitrogens with zero attached hydrogens (tertiary/aromatic N) is 1. The summed E-state index contributed by atoms with van der Waals surface area (Å²) in [4.78, 5) is 15.5. The van der Waals surface area contributed by atoms with E-state index >= 15 is 0 Å². The first-order valence-electron chi connectivity index (χ1n) is 7.45. The van der Waals surface area contributed by atoms with Crippen molar-refractivity contribution in [1.29, 1.82) is 0 Å². The molecule has 0 unspecified atom stereocenters. The lowest BCUT2D eigenvalue weighted by atomic mass is 10.3. The molecule has 0 aliphatic heterocycles. The number of aliphatic imine (C=N–C) groups is 1. The fraction of sp³-hybridized carbons (Fsp3) is 0.250. The number of hydrogen-bond donors (Lipinski definition) is 2. The Bertz CT molecular complexity index is 770. The van der Waals surface area contributed by atoms with Crippen LogP contribution in [-0.4, -0.2) is 24.9 Å². The van der Waals surface area contributed by atoms with Crippen molar-refractivity contribution in [3.05, 3.63) is 47.9 Å². The van der Waals surface area contributed by atoms with Crippen LogP contribution in [0.2, 0.25) is 0 Å². The fourth-order valence-corrected chi connectivity index (χ4v) is 1.87. The van der Waals surface area contributed by atoms with Crippen LogP contribution in [-0.2, 0) is 11.3 Å². The summed E-state index contributed by atoms with van der Waals surface area (Å²) < 4.78 is 50.1. The van der Waals surface area contributed by atoms with E-state index in [0.29, 0.717) is 11.4 Å². The third kappa shape index (κ3) is 6.04. The minimum atomic E-state index is -4.75. The fourth-order valence-electron chi connectivity index (χ4n) is 1.87. The number of hydrogen-bond acceptors (Lipinski definition) is 5. The van der Waals surface area contributed by atoms with Crippen molar-refractivity contribution in [3.63, 3.8) is 0 Å². The molecule has 0 aliphatic rings. The Balaban J connectivity index is 1.91. The van der Waals surface area contributed by atoms with Crippen LogP contribution in [0, 0.1) is 0 Å². The summed E-state index contributed by atoms with van der Waals surface area (Å²) in [6.45, 7) is 1.98. The summed E-state index contributed by atoms with van der Waals surface area (Å²) >= 11 is 0. The zero-order valence-electron chi connectivity index (χ0n) is 13.7. The van der Waals surface area contributed by atoms with E-state index in [-0.39, 0.29) is 30.6 Å². The first kappa shape index (κ1) is 19.2. The number of nitrogens with one attached hydrogen (secondary N) is 1. The summed E-state index contributed by atoms with van der Waals surface area (Å²) in [5, 5.41) is 2.71. The maximum atomic E-state index is 12.1. The van der Waals surface area contributed by atoms with Gasteiger partial charge in [0, 0.05) is 5.69 Å². The first-order chi connectivity index (χ1) is 12.3. The number of carbonyl (C=O) groups excluding carboxylic acids is 1. The molecule has 0 radical (unpaired) electrons. The SMILES string of the molecule is CCOC(=O)c1ccc(CN=C(N)Nc2ccc(OC(F)(F)F)cc2)o1. The molecule has 1 heterocycles. The Morgan fingerprint density at radius 2 is 1.92 bits per heavy atom. The van der Waals surface area contributed by atoms with Gasteiger partial charge in [0.1, 0.15) is 18.1 Å². The van der Waals surface area contributed by atoms with Gasteiger partial charge in [-0.2, -0.15) is 0 Å². The summed E-state index contributed by atoms with van der Waals surface area (Å²) in [6.07, 6.45) is -4.75. The second kappa shape index (κ2) is 8.28. The predicted octanol–water partition coefficient (Wildman–Crippen LogP) is 3.28. The van der Waals surface area contributed by atoms with Gasteiger partial charge in [-0.1, -0.05) is 0 Å². The quantitative estimate of drug-likeness (QED) is 0.459. The minimum Gasteiger partial charge on any atom is -0.460 e. The van der Waals surface area contributed by atoms with Crippen molar-refractivity contribution >= 4 is 17.6 Å². The van der Waals surface area contributed by atoms with Crippen LogP contribution in [0.4, 0.5) is 18.9 Å². The lowest BCUT2D eigenvalue weighted by Gasteiger charge is -2.10. The monoisotopic (exact) mass is 371 g/mol. The van der Waals surface area contributed by atoms with E-state index in [1.807, 2.05) is 0 Å². The molecule has 7 nitrogen and oxygen atoms in total. The molecule has 0 aliphatic carbocycles. The van der Waals surface area contributed by atoms with Gasteiger partial charge < -0.3 is 24.9 Å². The second-order valence-corrected chi connectivity index (χ2v) is 4.89. The normalized spacial score (nSPS) is 11.9. The summed E-state index contributed by atoms with van der Waals surface area (Å²) in [6, 6.07) is 8.02. The number of rotatable bonds is 6. The Morgan fingerprint density at radius 1 is 1.23 bits per heavy atom. The average molecular weight is 371 g/mol. The van der Waals surface area contributed by atoms with Crippen LogP contribution >= 0.6 is 0 Å². The predicted molar refractivity (Wildman–Crippen MR) is 86.7 cm³/mol. The Kier molecular flexibility index (Phi) is 6.10. The van der Waals surface area contributed by atoms with Gasteiger partial charge in [-0.25, -0.2) is 9.79 Å². The minimum absolute atomic E-state index is 0.0172. The van der Waals surface area contributed by atoms with Crippen molar-refractivity contribution < 1.29 is 31.9 Å². The molecule has 1 aromatic carbocycles. The summed E-state index contributed by atoms with van der Waals surface area (Å²) in [5.41, 5.74) is 6.13. The topological polar surface area (TPSA) is 99.1 Å². The summed E-state index contributed by atoms with van der Waals surface area (Å²) in [7, 11) is 0. The van der Waals surface area contributed by atoms with Gasteiger partial charge in [0.2, 0.25) is 5.76 Å². The molecule has 0 bridgehead atoms. The first-order valence-corrected chi connectivity index (χ1v) is 7.45. The lowest BCUT2D eigenvalue weighted by molar-refractivity contribution is -0.274. The Labute approximate surface area is 146 Å². The van der Waals surface area contributed by atoms with Crippen LogP contribution < -0.4 is 15.8 Å². The number of alkyl halides is 3. The van der Waals surface area contributed by atoms with Gasteiger partial charge in [0.15, 0.2) is 5.96 Å². The molecule has 1 aromatic heterocycles. The number of nitrogens with two attached hydrogens (primary N) is 1. The molecule has 2 rings (SSSR count). The van der Waals surface area contributed by atoms with E-state index in [2.05, 4.69) is 15.0 Å². The number of carbonyl (C=O) groups is 1. The molecular formula is C16H16F3N3O4. The third-order valence-electron chi connectivity index (χ3n) is 2.90. The molecule has 10 heteroatoms. The molecule has 140 valence electrons. The van der Waals surface area contributed by atoms with Crippen LogP contribution in [0.25, 0.3) is 0 Å². The number of halogens is 3. The molecule has 0 spiro atoms. The van der Waals surface area contributed by atoms with Crippen LogP contribution in [0.3, 0.4) is 0 Å². The van der Waals surface area contributed by atoms with Crippen LogP contribution in [0.15, 0.2) is 45.8 Å². The van der Waals surface area contributed by atoms with Crippen LogP contribution in [0.5, 0.6) is 5.75 Å². The largest absolute Gasteiger partial charge is 0.573 e. The molecule has 0 atom stereocenters. The van der Waals surface area contributed by atoms with E-state index in [4.69, 9.17) is 14.9 Å². The smallest absolute Gasteiger partial charge is 0.460 e. The molecule has 0 saturated heterocycles. The summed E-state index contributed by atoms with van der Waals surface area (Å²) in [5.74, 6) is -0.449. The van der Waals surface area contributed by atoms with Gasteiger partial charge in [-0.05, 0) is 43.3 Å². The molecule has 3 N–H and O–H groups in total. The van der Waals surface area contributed by atoms with E-state index in [1.54, 1.807) is 13.0 Å².